The number of hydrogen-bond donors (Lipinski definition) is 1. The van der Waals surface area contributed by atoms with Gasteiger partial charge >= 0.3 is 0 Å². The molecule has 0 aliphatic carbocycles. The maximum atomic E-state index is 3.60. The van der Waals surface area contributed by atoms with Crippen LogP contribution in [0.25, 0.3) is 0 Å². The molecule has 1 saturated heterocycles. The van der Waals surface area contributed by atoms with Crippen LogP contribution in [0.4, 0.5) is 0 Å². The molecular formula is C14H31N3. The minimum absolute atomic E-state index is 0.230. The second-order valence-corrected chi connectivity index (χ2v) is 6.65. The lowest BCUT2D eigenvalue weighted by molar-refractivity contribution is 0.0810. The molecule has 0 bridgehead atoms. The Hall–Kier alpha value is -0.120. The molecule has 1 rings (SSSR count). The van der Waals surface area contributed by atoms with Crippen LogP contribution < -0.4 is 5.32 Å². The van der Waals surface area contributed by atoms with Gasteiger partial charge in [0.2, 0.25) is 0 Å². The van der Waals surface area contributed by atoms with E-state index in [0.717, 1.165) is 6.54 Å². The SMILES string of the molecule is CC(C)N1CCN(C(C)CNC(C)(C)C)CC1. The predicted octanol–water partition coefficient (Wildman–Crippen LogP) is 1.79. The van der Waals surface area contributed by atoms with E-state index >= 15 is 0 Å². The number of rotatable bonds is 4. The van der Waals surface area contributed by atoms with Crippen LogP contribution in [0.3, 0.4) is 0 Å². The minimum Gasteiger partial charge on any atom is -0.311 e. The minimum atomic E-state index is 0.230. The first-order valence-corrected chi connectivity index (χ1v) is 7.03. The monoisotopic (exact) mass is 241 g/mol. The zero-order chi connectivity index (χ0) is 13.1. The molecule has 0 radical (unpaired) electrons. The van der Waals surface area contributed by atoms with Gasteiger partial charge in [-0.15, -0.1) is 0 Å². The Kier molecular flexibility index (Phi) is 5.42. The van der Waals surface area contributed by atoms with E-state index in [1.807, 2.05) is 0 Å². The lowest BCUT2D eigenvalue weighted by Gasteiger charge is -2.40. The number of nitrogens with one attached hydrogen (secondary N) is 1. The standard InChI is InChI=1S/C14H31N3/c1-12(2)16-7-9-17(10-8-16)13(3)11-15-14(4,5)6/h12-13,15H,7-11H2,1-6H3. The summed E-state index contributed by atoms with van der Waals surface area (Å²) < 4.78 is 0. The zero-order valence-electron chi connectivity index (χ0n) is 12.6. The van der Waals surface area contributed by atoms with E-state index in [2.05, 4.69) is 56.7 Å². The van der Waals surface area contributed by atoms with Gasteiger partial charge in [0.15, 0.2) is 0 Å². The fraction of sp³-hybridized carbons (Fsp3) is 1.00. The number of nitrogens with zero attached hydrogens (tertiary/aromatic N) is 2. The van der Waals surface area contributed by atoms with Gasteiger partial charge in [-0.1, -0.05) is 0 Å². The molecule has 0 spiro atoms. The Morgan fingerprint density at radius 2 is 1.41 bits per heavy atom. The molecule has 102 valence electrons. The first kappa shape index (κ1) is 14.9. The van der Waals surface area contributed by atoms with E-state index < -0.39 is 0 Å². The van der Waals surface area contributed by atoms with Crippen LogP contribution in [0.15, 0.2) is 0 Å². The fourth-order valence-corrected chi connectivity index (χ4v) is 2.28. The summed E-state index contributed by atoms with van der Waals surface area (Å²) in [6, 6.07) is 1.34. The van der Waals surface area contributed by atoms with Gasteiger partial charge in [-0.2, -0.15) is 0 Å². The summed E-state index contributed by atoms with van der Waals surface area (Å²) >= 11 is 0. The van der Waals surface area contributed by atoms with Crippen LogP contribution in [0.5, 0.6) is 0 Å². The third kappa shape index (κ3) is 5.36. The van der Waals surface area contributed by atoms with Crippen molar-refractivity contribution in [2.24, 2.45) is 0 Å². The van der Waals surface area contributed by atoms with Crippen molar-refractivity contribution in [3.05, 3.63) is 0 Å². The van der Waals surface area contributed by atoms with Crippen molar-refractivity contribution in [1.82, 2.24) is 15.1 Å². The van der Waals surface area contributed by atoms with Gasteiger partial charge in [0.1, 0.15) is 0 Å². The van der Waals surface area contributed by atoms with Crippen molar-refractivity contribution in [2.75, 3.05) is 32.7 Å². The second-order valence-electron chi connectivity index (χ2n) is 6.65. The van der Waals surface area contributed by atoms with E-state index in [1.165, 1.54) is 26.2 Å². The predicted molar refractivity (Wildman–Crippen MR) is 75.5 cm³/mol. The van der Waals surface area contributed by atoms with Gasteiger partial charge in [-0.05, 0) is 41.5 Å². The highest BCUT2D eigenvalue weighted by Crippen LogP contribution is 2.09. The van der Waals surface area contributed by atoms with Gasteiger partial charge in [0.25, 0.3) is 0 Å². The molecule has 1 N–H and O–H groups in total. The van der Waals surface area contributed by atoms with Crippen molar-refractivity contribution < 1.29 is 0 Å². The van der Waals surface area contributed by atoms with Crippen molar-refractivity contribution >= 4 is 0 Å². The van der Waals surface area contributed by atoms with Gasteiger partial charge in [0.05, 0.1) is 0 Å². The molecule has 0 aromatic rings. The van der Waals surface area contributed by atoms with Gasteiger partial charge < -0.3 is 5.32 Å². The molecule has 0 saturated carbocycles. The van der Waals surface area contributed by atoms with E-state index in [-0.39, 0.29) is 5.54 Å². The molecule has 1 aliphatic heterocycles. The second kappa shape index (κ2) is 6.17. The molecule has 0 aromatic carbocycles. The topological polar surface area (TPSA) is 18.5 Å². The quantitative estimate of drug-likeness (QED) is 0.809. The molecule has 3 nitrogen and oxygen atoms in total. The molecule has 1 unspecified atom stereocenters. The summed E-state index contributed by atoms with van der Waals surface area (Å²) in [7, 11) is 0. The van der Waals surface area contributed by atoms with Crippen LogP contribution in [-0.4, -0.2) is 60.1 Å². The Labute approximate surface area is 108 Å². The van der Waals surface area contributed by atoms with Gasteiger partial charge in [-0.25, -0.2) is 0 Å². The Morgan fingerprint density at radius 3 is 1.82 bits per heavy atom. The Morgan fingerprint density at radius 1 is 0.941 bits per heavy atom. The molecule has 1 fully saturated rings. The smallest absolute Gasteiger partial charge is 0.0193 e. The number of hydrogen-bond acceptors (Lipinski definition) is 3. The highest BCUT2D eigenvalue weighted by atomic mass is 15.3. The first-order chi connectivity index (χ1) is 7.79. The van der Waals surface area contributed by atoms with Gasteiger partial charge in [0, 0.05) is 50.3 Å². The average molecular weight is 241 g/mol. The van der Waals surface area contributed by atoms with Crippen LogP contribution in [0, 0.1) is 0 Å². The van der Waals surface area contributed by atoms with Crippen molar-refractivity contribution in [3.8, 4) is 0 Å². The summed E-state index contributed by atoms with van der Waals surface area (Å²) in [5.41, 5.74) is 0.230. The van der Waals surface area contributed by atoms with E-state index in [4.69, 9.17) is 0 Å². The van der Waals surface area contributed by atoms with Crippen LogP contribution in [-0.2, 0) is 0 Å². The Bertz CT molecular complexity index is 212. The highest BCUT2D eigenvalue weighted by Gasteiger charge is 2.22. The van der Waals surface area contributed by atoms with E-state index in [1.54, 1.807) is 0 Å². The van der Waals surface area contributed by atoms with Crippen LogP contribution in [0.1, 0.15) is 41.5 Å². The first-order valence-electron chi connectivity index (χ1n) is 7.03. The molecule has 0 amide bonds. The molecule has 1 atom stereocenters. The largest absolute Gasteiger partial charge is 0.311 e. The van der Waals surface area contributed by atoms with E-state index in [0.29, 0.717) is 12.1 Å². The highest BCUT2D eigenvalue weighted by molar-refractivity contribution is 4.81. The van der Waals surface area contributed by atoms with Crippen LogP contribution in [0.2, 0.25) is 0 Å². The van der Waals surface area contributed by atoms with Gasteiger partial charge in [-0.3, -0.25) is 9.80 Å². The molecule has 3 heteroatoms. The molecular weight excluding hydrogens is 210 g/mol. The summed E-state index contributed by atoms with van der Waals surface area (Å²) in [6.07, 6.45) is 0. The normalized spacial score (nSPS) is 22.1. The fourth-order valence-electron chi connectivity index (χ4n) is 2.28. The summed E-state index contributed by atoms with van der Waals surface area (Å²) in [5.74, 6) is 0. The average Bonchev–Trinajstić information content (AvgIpc) is 2.25. The molecule has 17 heavy (non-hydrogen) atoms. The summed E-state index contributed by atoms with van der Waals surface area (Å²) in [4.78, 5) is 5.18. The van der Waals surface area contributed by atoms with E-state index in [9.17, 15) is 0 Å². The molecule has 1 aliphatic rings. The lowest BCUT2D eigenvalue weighted by atomic mass is 10.1. The zero-order valence-corrected chi connectivity index (χ0v) is 12.6. The maximum absolute atomic E-state index is 3.60. The maximum Gasteiger partial charge on any atom is 0.0193 e. The molecule has 0 aromatic heterocycles. The van der Waals surface area contributed by atoms with Crippen molar-refractivity contribution in [2.45, 2.75) is 59.2 Å². The Balaban J connectivity index is 2.28. The van der Waals surface area contributed by atoms with Crippen LogP contribution >= 0.6 is 0 Å². The summed E-state index contributed by atoms with van der Waals surface area (Å²) in [5, 5.41) is 3.60. The third-order valence-electron chi connectivity index (χ3n) is 3.63. The number of piperazine rings is 1. The van der Waals surface area contributed by atoms with Crippen molar-refractivity contribution in [3.63, 3.8) is 0 Å². The lowest BCUT2D eigenvalue weighted by Crippen LogP contribution is -2.54. The van der Waals surface area contributed by atoms with Crippen molar-refractivity contribution in [1.29, 1.82) is 0 Å². The molecule has 1 heterocycles. The third-order valence-corrected chi connectivity index (χ3v) is 3.63. The summed E-state index contributed by atoms with van der Waals surface area (Å²) in [6.45, 7) is 19.6.